The van der Waals surface area contributed by atoms with Gasteiger partial charge in [-0.15, -0.1) is 0 Å². The highest BCUT2D eigenvalue weighted by atomic mass is 16.3. The van der Waals surface area contributed by atoms with Gasteiger partial charge in [-0.2, -0.15) is 0 Å². The summed E-state index contributed by atoms with van der Waals surface area (Å²) in [7, 11) is 2.09. The van der Waals surface area contributed by atoms with E-state index in [2.05, 4.69) is 68.4 Å². The Morgan fingerprint density at radius 3 is 2.40 bits per heavy atom. The number of anilines is 3. The van der Waals surface area contributed by atoms with Crippen LogP contribution in [0.4, 0.5) is 17.3 Å². The summed E-state index contributed by atoms with van der Waals surface area (Å²) >= 11 is 0. The van der Waals surface area contributed by atoms with Crippen LogP contribution >= 0.6 is 0 Å². The molecule has 6 nitrogen and oxygen atoms in total. The molecule has 25 heavy (non-hydrogen) atoms. The Morgan fingerprint density at radius 1 is 1.04 bits per heavy atom. The Hall–Kier alpha value is -2.60. The molecule has 1 aromatic heterocycles. The molecule has 4 rings (SSSR count). The Labute approximate surface area is 148 Å². The highest BCUT2D eigenvalue weighted by Crippen LogP contribution is 2.35. The van der Waals surface area contributed by atoms with Crippen molar-refractivity contribution in [2.24, 2.45) is 0 Å². The van der Waals surface area contributed by atoms with Crippen molar-refractivity contribution in [2.45, 2.75) is 25.5 Å². The molecule has 1 fully saturated rings. The number of aliphatic hydroxyl groups excluding tert-OH is 1. The van der Waals surface area contributed by atoms with Gasteiger partial charge in [0, 0.05) is 56.5 Å². The molecule has 130 valence electrons. The summed E-state index contributed by atoms with van der Waals surface area (Å²) in [6.45, 7) is 1.86. The second-order valence-electron chi connectivity index (χ2n) is 6.57. The molecule has 6 heteroatoms. The van der Waals surface area contributed by atoms with E-state index in [9.17, 15) is 0 Å². The zero-order valence-electron chi connectivity index (χ0n) is 14.4. The molecule has 0 spiro atoms. The van der Waals surface area contributed by atoms with Crippen LogP contribution in [0.5, 0.6) is 0 Å². The fraction of sp³-hybridized carbons (Fsp3) is 0.368. The zero-order chi connectivity index (χ0) is 17.2. The summed E-state index contributed by atoms with van der Waals surface area (Å²) in [5.41, 5.74) is 3.27. The molecule has 0 amide bonds. The third-order valence-electron chi connectivity index (χ3n) is 5.01. The Morgan fingerprint density at radius 2 is 1.72 bits per heavy atom. The Bertz CT molecular complexity index is 753. The molecule has 0 saturated carbocycles. The molecular formula is C19H23N5O. The lowest BCUT2D eigenvalue weighted by molar-refractivity contribution is 0.281. The van der Waals surface area contributed by atoms with Gasteiger partial charge < -0.3 is 19.8 Å². The van der Waals surface area contributed by atoms with Crippen LogP contribution in [0.2, 0.25) is 0 Å². The molecule has 1 N–H and O–H groups in total. The van der Waals surface area contributed by atoms with E-state index in [0.29, 0.717) is 6.04 Å². The molecule has 0 bridgehead atoms. The SMILES string of the molecule is CN1C=CN(C2CCN(c3ncc(CO)cn3)CC2)c2ccccc21. The summed E-state index contributed by atoms with van der Waals surface area (Å²) in [4.78, 5) is 15.5. The van der Waals surface area contributed by atoms with Crippen LogP contribution < -0.4 is 14.7 Å². The summed E-state index contributed by atoms with van der Waals surface area (Å²) in [5.74, 6) is 0.755. The second kappa shape index (κ2) is 6.72. The summed E-state index contributed by atoms with van der Waals surface area (Å²) in [6, 6.07) is 9.03. The van der Waals surface area contributed by atoms with Crippen molar-refractivity contribution in [3.8, 4) is 0 Å². The van der Waals surface area contributed by atoms with Crippen LogP contribution in [-0.4, -0.2) is 41.3 Å². The molecule has 1 aromatic carbocycles. The predicted octanol–water partition coefficient (Wildman–Crippen LogP) is 2.37. The number of fused-ring (bicyclic) bond motifs is 1. The third-order valence-corrected chi connectivity index (χ3v) is 5.01. The van der Waals surface area contributed by atoms with Gasteiger partial charge in [-0.1, -0.05) is 12.1 Å². The predicted molar refractivity (Wildman–Crippen MR) is 99.7 cm³/mol. The summed E-state index contributed by atoms with van der Waals surface area (Å²) in [5, 5.41) is 9.11. The van der Waals surface area contributed by atoms with Crippen molar-refractivity contribution >= 4 is 17.3 Å². The van der Waals surface area contributed by atoms with Crippen LogP contribution in [0, 0.1) is 0 Å². The molecular weight excluding hydrogens is 314 g/mol. The number of aromatic nitrogens is 2. The summed E-state index contributed by atoms with van der Waals surface area (Å²) in [6.07, 6.45) is 9.85. The highest BCUT2D eigenvalue weighted by molar-refractivity contribution is 5.76. The molecule has 0 radical (unpaired) electrons. The number of nitrogens with zero attached hydrogens (tertiary/aromatic N) is 5. The maximum absolute atomic E-state index is 9.11. The minimum absolute atomic E-state index is 0.0164. The molecule has 1 saturated heterocycles. The van der Waals surface area contributed by atoms with Crippen molar-refractivity contribution in [1.29, 1.82) is 0 Å². The Kier molecular flexibility index (Phi) is 4.28. The van der Waals surface area contributed by atoms with Crippen molar-refractivity contribution in [1.82, 2.24) is 9.97 Å². The first-order chi connectivity index (χ1) is 12.3. The zero-order valence-corrected chi connectivity index (χ0v) is 14.4. The number of benzene rings is 1. The van der Waals surface area contributed by atoms with Gasteiger partial charge in [0.15, 0.2) is 0 Å². The molecule has 2 aromatic rings. The monoisotopic (exact) mass is 337 g/mol. The molecule has 3 heterocycles. The highest BCUT2D eigenvalue weighted by Gasteiger charge is 2.28. The van der Waals surface area contributed by atoms with Gasteiger partial charge in [-0.3, -0.25) is 0 Å². The number of piperidine rings is 1. The van der Waals surface area contributed by atoms with E-state index in [4.69, 9.17) is 5.11 Å². The van der Waals surface area contributed by atoms with E-state index in [0.717, 1.165) is 37.4 Å². The number of hydrogen-bond donors (Lipinski definition) is 1. The van der Waals surface area contributed by atoms with E-state index >= 15 is 0 Å². The van der Waals surface area contributed by atoms with E-state index in [-0.39, 0.29) is 6.61 Å². The lowest BCUT2D eigenvalue weighted by atomic mass is 10.0. The van der Waals surface area contributed by atoms with Gasteiger partial charge in [-0.05, 0) is 25.0 Å². The van der Waals surface area contributed by atoms with Gasteiger partial charge in [0.05, 0.1) is 18.0 Å². The van der Waals surface area contributed by atoms with Gasteiger partial charge in [0.2, 0.25) is 5.95 Å². The first-order valence-corrected chi connectivity index (χ1v) is 8.71. The molecule has 0 unspecified atom stereocenters. The van der Waals surface area contributed by atoms with Crippen molar-refractivity contribution in [3.05, 3.63) is 54.6 Å². The molecule has 2 aliphatic rings. The molecule has 2 aliphatic heterocycles. The number of para-hydroxylation sites is 2. The van der Waals surface area contributed by atoms with Gasteiger partial charge in [0.25, 0.3) is 0 Å². The minimum Gasteiger partial charge on any atom is -0.392 e. The van der Waals surface area contributed by atoms with Crippen LogP contribution in [0.25, 0.3) is 0 Å². The Balaban J connectivity index is 1.46. The fourth-order valence-electron chi connectivity index (χ4n) is 3.57. The fourth-order valence-corrected chi connectivity index (χ4v) is 3.57. The lowest BCUT2D eigenvalue weighted by Crippen LogP contribution is -2.44. The maximum atomic E-state index is 9.11. The molecule has 0 atom stereocenters. The maximum Gasteiger partial charge on any atom is 0.225 e. The lowest BCUT2D eigenvalue weighted by Gasteiger charge is -2.41. The van der Waals surface area contributed by atoms with Crippen LogP contribution in [0.1, 0.15) is 18.4 Å². The van der Waals surface area contributed by atoms with E-state index < -0.39 is 0 Å². The van der Waals surface area contributed by atoms with Crippen LogP contribution in [0.3, 0.4) is 0 Å². The quantitative estimate of drug-likeness (QED) is 0.928. The van der Waals surface area contributed by atoms with Gasteiger partial charge in [-0.25, -0.2) is 9.97 Å². The minimum atomic E-state index is -0.0164. The smallest absolute Gasteiger partial charge is 0.225 e. The van der Waals surface area contributed by atoms with E-state index in [1.807, 2.05) is 0 Å². The third kappa shape index (κ3) is 3.05. The second-order valence-corrected chi connectivity index (χ2v) is 6.57. The van der Waals surface area contributed by atoms with Gasteiger partial charge in [0.1, 0.15) is 0 Å². The first kappa shape index (κ1) is 15.9. The van der Waals surface area contributed by atoms with Crippen molar-refractivity contribution in [2.75, 3.05) is 34.8 Å². The summed E-state index contributed by atoms with van der Waals surface area (Å²) < 4.78 is 0. The van der Waals surface area contributed by atoms with Gasteiger partial charge >= 0.3 is 0 Å². The largest absolute Gasteiger partial charge is 0.392 e. The topological polar surface area (TPSA) is 55.7 Å². The molecule has 0 aliphatic carbocycles. The normalized spacial score (nSPS) is 17.8. The van der Waals surface area contributed by atoms with Crippen LogP contribution in [-0.2, 0) is 6.61 Å². The standard InChI is InChI=1S/C19H23N5O/c1-22-10-11-24(18-5-3-2-4-17(18)22)16-6-8-23(9-7-16)19-20-12-15(14-25)13-21-19/h2-5,10-13,16,25H,6-9,14H2,1H3. The van der Waals surface area contributed by atoms with Crippen LogP contribution in [0.15, 0.2) is 49.1 Å². The average molecular weight is 337 g/mol. The first-order valence-electron chi connectivity index (χ1n) is 8.71. The average Bonchev–Trinajstić information content (AvgIpc) is 2.69. The number of rotatable bonds is 3. The van der Waals surface area contributed by atoms with E-state index in [1.54, 1.807) is 12.4 Å². The number of hydrogen-bond acceptors (Lipinski definition) is 6. The van der Waals surface area contributed by atoms with Crippen molar-refractivity contribution in [3.63, 3.8) is 0 Å². The van der Waals surface area contributed by atoms with E-state index in [1.165, 1.54) is 11.4 Å². The van der Waals surface area contributed by atoms with Crippen molar-refractivity contribution < 1.29 is 5.11 Å². The number of aliphatic hydroxyl groups is 1.